The first-order chi connectivity index (χ1) is 12.6. The Labute approximate surface area is 158 Å². The minimum atomic E-state index is -3.48. The van der Waals surface area contributed by atoms with E-state index in [2.05, 4.69) is 0 Å². The summed E-state index contributed by atoms with van der Waals surface area (Å²) in [5, 5.41) is 0.745. The summed E-state index contributed by atoms with van der Waals surface area (Å²) in [6, 6.07) is 23.2. The number of rotatable bonds is 6. The van der Waals surface area contributed by atoms with Gasteiger partial charge >= 0.3 is 0 Å². The minimum absolute atomic E-state index is 0.130. The van der Waals surface area contributed by atoms with E-state index in [9.17, 15) is 9.36 Å². The number of methoxy groups -OCH3 is 1. The molecule has 0 amide bonds. The molecule has 0 bridgehead atoms. The lowest BCUT2D eigenvalue weighted by Crippen LogP contribution is -2.16. The van der Waals surface area contributed by atoms with Gasteiger partial charge in [-0.25, -0.2) is 0 Å². The molecule has 1 unspecified atom stereocenters. The molecule has 0 N–H and O–H groups in total. The van der Waals surface area contributed by atoms with Crippen molar-refractivity contribution in [2.75, 3.05) is 7.11 Å². The second-order valence-electron chi connectivity index (χ2n) is 5.84. The largest absolute Gasteiger partial charge is 0.496 e. The van der Waals surface area contributed by atoms with Crippen LogP contribution in [0.1, 0.15) is 15.9 Å². The van der Waals surface area contributed by atoms with Crippen LogP contribution in [0.2, 0.25) is 5.02 Å². The molecule has 26 heavy (non-hydrogen) atoms. The predicted octanol–water partition coefficient (Wildman–Crippen LogP) is 5.38. The molecule has 0 spiro atoms. The van der Waals surface area contributed by atoms with Crippen LogP contribution in [0, 0.1) is 0 Å². The number of halogens is 1. The Morgan fingerprint density at radius 3 is 2.15 bits per heavy atom. The molecule has 0 aliphatic rings. The molecule has 0 fully saturated rings. The standard InChI is InChI=1S/C21H18ClO3P/c1-25-19-14-8-13-18(22)20(19)21(23)26(24,17-11-6-3-7-12-17)15-16-9-4-2-5-10-16/h2-14H,15H2,1H3. The van der Waals surface area contributed by atoms with E-state index in [0.29, 0.717) is 11.1 Å². The van der Waals surface area contributed by atoms with Crippen molar-refractivity contribution in [3.63, 3.8) is 0 Å². The Morgan fingerprint density at radius 1 is 0.923 bits per heavy atom. The molecule has 0 heterocycles. The number of carbonyl (C=O) groups is 1. The van der Waals surface area contributed by atoms with E-state index in [-0.39, 0.29) is 16.7 Å². The van der Waals surface area contributed by atoms with Crippen molar-refractivity contribution in [2.24, 2.45) is 0 Å². The third kappa shape index (κ3) is 3.60. The summed E-state index contributed by atoms with van der Waals surface area (Å²) in [5.41, 5.74) is 0.508. The topological polar surface area (TPSA) is 43.4 Å². The summed E-state index contributed by atoms with van der Waals surface area (Å²) in [6.07, 6.45) is 0.130. The number of hydrogen-bond acceptors (Lipinski definition) is 3. The van der Waals surface area contributed by atoms with Crippen molar-refractivity contribution in [1.29, 1.82) is 0 Å². The van der Waals surface area contributed by atoms with E-state index in [4.69, 9.17) is 16.3 Å². The van der Waals surface area contributed by atoms with E-state index < -0.39 is 12.7 Å². The average molecular weight is 385 g/mol. The highest BCUT2D eigenvalue weighted by molar-refractivity contribution is 7.86. The zero-order valence-corrected chi connectivity index (χ0v) is 15.9. The summed E-state index contributed by atoms with van der Waals surface area (Å²) in [6.45, 7) is 0. The summed E-state index contributed by atoms with van der Waals surface area (Å²) >= 11 is 6.28. The monoisotopic (exact) mass is 384 g/mol. The molecule has 0 radical (unpaired) electrons. The Morgan fingerprint density at radius 2 is 1.54 bits per heavy atom. The Kier molecular flexibility index (Phi) is 5.61. The van der Waals surface area contributed by atoms with Gasteiger partial charge in [-0.2, -0.15) is 0 Å². The third-order valence-electron chi connectivity index (χ3n) is 4.16. The number of hydrogen-bond donors (Lipinski definition) is 0. The van der Waals surface area contributed by atoms with Gasteiger partial charge < -0.3 is 9.30 Å². The zero-order chi connectivity index (χ0) is 18.6. The van der Waals surface area contributed by atoms with Crippen LogP contribution < -0.4 is 10.0 Å². The maximum Gasteiger partial charge on any atom is 0.231 e. The smallest absolute Gasteiger partial charge is 0.231 e. The highest BCUT2D eigenvalue weighted by Gasteiger charge is 2.37. The van der Waals surface area contributed by atoms with Gasteiger partial charge in [0.05, 0.1) is 17.7 Å². The molecule has 0 aliphatic carbocycles. The molecular formula is C21H18ClO3P. The van der Waals surface area contributed by atoms with Crippen LogP contribution in [0.3, 0.4) is 0 Å². The highest BCUT2D eigenvalue weighted by Crippen LogP contribution is 2.53. The summed E-state index contributed by atoms with van der Waals surface area (Å²) in [7, 11) is -2.01. The molecule has 132 valence electrons. The first kappa shape index (κ1) is 18.4. The average Bonchev–Trinajstić information content (AvgIpc) is 2.68. The van der Waals surface area contributed by atoms with Crippen LogP contribution >= 0.6 is 18.7 Å². The Hall–Kier alpha value is -2.35. The lowest BCUT2D eigenvalue weighted by atomic mass is 10.2. The predicted molar refractivity (Wildman–Crippen MR) is 106 cm³/mol. The second-order valence-corrected chi connectivity index (χ2v) is 8.97. The van der Waals surface area contributed by atoms with Crippen molar-refractivity contribution >= 4 is 29.6 Å². The Bertz CT molecular complexity index is 956. The maximum absolute atomic E-state index is 14.0. The fourth-order valence-corrected chi connectivity index (χ4v) is 5.70. The maximum atomic E-state index is 14.0. The molecular weight excluding hydrogens is 367 g/mol. The van der Waals surface area contributed by atoms with Gasteiger partial charge in [0.1, 0.15) is 5.75 Å². The van der Waals surface area contributed by atoms with Gasteiger partial charge in [0.15, 0.2) is 7.14 Å². The van der Waals surface area contributed by atoms with Crippen LogP contribution in [0.15, 0.2) is 78.9 Å². The molecule has 0 aromatic heterocycles. The van der Waals surface area contributed by atoms with Crippen molar-refractivity contribution < 1.29 is 14.1 Å². The highest BCUT2D eigenvalue weighted by atomic mass is 35.5. The van der Waals surface area contributed by atoms with Crippen LogP contribution in [-0.2, 0) is 10.7 Å². The minimum Gasteiger partial charge on any atom is -0.496 e. The van der Waals surface area contributed by atoms with Gasteiger partial charge in [0.2, 0.25) is 5.52 Å². The lowest BCUT2D eigenvalue weighted by molar-refractivity contribution is 0.107. The van der Waals surface area contributed by atoms with Crippen LogP contribution in [-0.4, -0.2) is 12.6 Å². The third-order valence-corrected chi connectivity index (χ3v) is 7.30. The first-order valence-electron chi connectivity index (χ1n) is 8.12. The van der Waals surface area contributed by atoms with Gasteiger partial charge in [-0.15, -0.1) is 0 Å². The SMILES string of the molecule is COc1cccc(Cl)c1C(=O)P(=O)(Cc1ccccc1)c1ccccc1. The van der Waals surface area contributed by atoms with E-state index in [0.717, 1.165) is 5.56 Å². The normalized spacial score (nSPS) is 13.0. The molecule has 0 aliphatic heterocycles. The zero-order valence-electron chi connectivity index (χ0n) is 14.3. The fraction of sp³-hybridized carbons (Fsp3) is 0.0952. The number of carbonyl (C=O) groups excluding carboxylic acids is 1. The van der Waals surface area contributed by atoms with Crippen molar-refractivity contribution in [3.8, 4) is 5.75 Å². The molecule has 3 aromatic rings. The molecule has 0 saturated heterocycles. The molecule has 1 atom stereocenters. The fourth-order valence-electron chi connectivity index (χ4n) is 2.85. The molecule has 3 nitrogen and oxygen atoms in total. The first-order valence-corrected chi connectivity index (χ1v) is 10.4. The number of benzene rings is 3. The Balaban J connectivity index is 2.16. The molecule has 3 rings (SSSR count). The van der Waals surface area contributed by atoms with Crippen LogP contribution in [0.4, 0.5) is 0 Å². The summed E-state index contributed by atoms with van der Waals surface area (Å²) < 4.78 is 19.3. The quantitative estimate of drug-likeness (QED) is 0.536. The number of ether oxygens (including phenoxy) is 1. The van der Waals surface area contributed by atoms with Crippen molar-refractivity contribution in [3.05, 3.63) is 95.0 Å². The van der Waals surface area contributed by atoms with Gasteiger partial charge in [-0.05, 0) is 17.7 Å². The molecule has 3 aromatic carbocycles. The molecule has 0 saturated carbocycles. The van der Waals surface area contributed by atoms with Gasteiger partial charge in [0.25, 0.3) is 0 Å². The van der Waals surface area contributed by atoms with Gasteiger partial charge in [0, 0.05) is 11.5 Å². The molecule has 5 heteroatoms. The second kappa shape index (κ2) is 7.90. The van der Waals surface area contributed by atoms with Crippen LogP contribution in [0.25, 0.3) is 0 Å². The lowest BCUT2D eigenvalue weighted by Gasteiger charge is -2.20. The van der Waals surface area contributed by atoms with Gasteiger partial charge in [-0.1, -0.05) is 78.3 Å². The van der Waals surface area contributed by atoms with Crippen molar-refractivity contribution in [2.45, 2.75) is 6.16 Å². The van der Waals surface area contributed by atoms with Crippen LogP contribution in [0.5, 0.6) is 5.75 Å². The van der Waals surface area contributed by atoms with Crippen molar-refractivity contribution in [1.82, 2.24) is 0 Å². The summed E-state index contributed by atoms with van der Waals surface area (Å²) in [4.78, 5) is 13.4. The summed E-state index contributed by atoms with van der Waals surface area (Å²) in [5.74, 6) is 0.326. The van der Waals surface area contributed by atoms with E-state index in [1.165, 1.54) is 7.11 Å². The van der Waals surface area contributed by atoms with E-state index in [1.54, 1.807) is 42.5 Å². The van der Waals surface area contributed by atoms with E-state index >= 15 is 0 Å². The van der Waals surface area contributed by atoms with E-state index in [1.807, 2.05) is 36.4 Å². The van der Waals surface area contributed by atoms with Gasteiger partial charge in [-0.3, -0.25) is 4.79 Å².